The van der Waals surface area contributed by atoms with Crippen LogP contribution in [0.4, 0.5) is 11.8 Å². The number of fused-ring (bicyclic) bond motifs is 1. The monoisotopic (exact) mass is 448 g/mol. The first kappa shape index (κ1) is 22.8. The maximum absolute atomic E-state index is 12.7. The van der Waals surface area contributed by atoms with Crippen molar-refractivity contribution in [2.45, 2.75) is 33.2 Å². The van der Waals surface area contributed by atoms with Crippen molar-refractivity contribution in [2.75, 3.05) is 43.5 Å². The van der Waals surface area contributed by atoms with E-state index in [-0.39, 0.29) is 11.8 Å². The highest BCUT2D eigenvalue weighted by molar-refractivity contribution is 5.89. The minimum absolute atomic E-state index is 0.0955. The van der Waals surface area contributed by atoms with E-state index in [1.54, 1.807) is 13.3 Å². The van der Waals surface area contributed by atoms with Crippen LogP contribution in [0.2, 0.25) is 0 Å². The highest BCUT2D eigenvalue weighted by atomic mass is 16.5. The first-order valence-electron chi connectivity index (χ1n) is 11.7. The summed E-state index contributed by atoms with van der Waals surface area (Å²) < 4.78 is 5.42. The zero-order chi connectivity index (χ0) is 23.2. The normalized spacial score (nSPS) is 14.3. The van der Waals surface area contributed by atoms with Crippen LogP contribution in [0.1, 0.15) is 32.3 Å². The van der Waals surface area contributed by atoms with Crippen molar-refractivity contribution < 1.29 is 9.53 Å². The van der Waals surface area contributed by atoms with Gasteiger partial charge in [0, 0.05) is 56.6 Å². The van der Waals surface area contributed by atoms with Gasteiger partial charge in [-0.1, -0.05) is 18.2 Å². The molecule has 1 fully saturated rings. The van der Waals surface area contributed by atoms with Gasteiger partial charge in [-0.25, -0.2) is 15.0 Å². The van der Waals surface area contributed by atoms with Crippen LogP contribution < -0.4 is 15.0 Å². The molecule has 0 radical (unpaired) electrons. The SMILES string of the molecule is CCN(CC)C(=O)C1CCN(c2nccc3nc(NCc4ccccc4OC)ncc23)CC1. The molecular weight excluding hydrogens is 416 g/mol. The van der Waals surface area contributed by atoms with Gasteiger partial charge in [0.25, 0.3) is 0 Å². The predicted molar refractivity (Wildman–Crippen MR) is 131 cm³/mol. The topological polar surface area (TPSA) is 83.5 Å². The number of carbonyl (C=O) groups is 1. The number of pyridine rings is 1. The highest BCUT2D eigenvalue weighted by Gasteiger charge is 2.28. The van der Waals surface area contributed by atoms with E-state index in [0.717, 1.165) is 67.1 Å². The number of para-hydroxylation sites is 1. The molecule has 0 bridgehead atoms. The van der Waals surface area contributed by atoms with Gasteiger partial charge in [0.15, 0.2) is 0 Å². The first-order valence-corrected chi connectivity index (χ1v) is 11.7. The van der Waals surface area contributed by atoms with Gasteiger partial charge in [-0.2, -0.15) is 0 Å². The molecule has 1 saturated heterocycles. The van der Waals surface area contributed by atoms with Gasteiger partial charge >= 0.3 is 0 Å². The fraction of sp³-hybridized carbons (Fsp3) is 0.440. The van der Waals surface area contributed by atoms with Crippen LogP contribution in [-0.2, 0) is 11.3 Å². The number of carbonyl (C=O) groups excluding carboxylic acids is 1. The van der Waals surface area contributed by atoms with Crippen LogP contribution in [0, 0.1) is 5.92 Å². The molecule has 1 amide bonds. The molecule has 33 heavy (non-hydrogen) atoms. The largest absolute Gasteiger partial charge is 0.496 e. The number of amides is 1. The molecule has 174 valence electrons. The van der Waals surface area contributed by atoms with Crippen molar-refractivity contribution in [3.63, 3.8) is 0 Å². The summed E-state index contributed by atoms with van der Waals surface area (Å²) in [6.45, 7) is 7.79. The summed E-state index contributed by atoms with van der Waals surface area (Å²) >= 11 is 0. The van der Waals surface area contributed by atoms with E-state index in [2.05, 4.69) is 20.2 Å². The summed E-state index contributed by atoms with van der Waals surface area (Å²) in [5.41, 5.74) is 1.89. The van der Waals surface area contributed by atoms with E-state index in [4.69, 9.17) is 9.72 Å². The van der Waals surface area contributed by atoms with Gasteiger partial charge in [0.1, 0.15) is 11.6 Å². The van der Waals surface area contributed by atoms with Crippen molar-refractivity contribution in [1.82, 2.24) is 19.9 Å². The van der Waals surface area contributed by atoms with Crippen LogP contribution in [0.3, 0.4) is 0 Å². The minimum atomic E-state index is 0.0955. The number of benzene rings is 1. The number of anilines is 2. The van der Waals surface area contributed by atoms with Gasteiger partial charge in [-0.05, 0) is 38.8 Å². The van der Waals surface area contributed by atoms with E-state index in [1.807, 2.05) is 55.3 Å². The van der Waals surface area contributed by atoms with Gasteiger partial charge in [-0.15, -0.1) is 0 Å². The Kier molecular flexibility index (Phi) is 7.22. The number of aromatic nitrogens is 3. The zero-order valence-corrected chi connectivity index (χ0v) is 19.6. The van der Waals surface area contributed by atoms with E-state index < -0.39 is 0 Å². The summed E-state index contributed by atoms with van der Waals surface area (Å²) in [5, 5.41) is 4.21. The summed E-state index contributed by atoms with van der Waals surface area (Å²) in [4.78, 5) is 30.8. The van der Waals surface area contributed by atoms with Crippen LogP contribution in [-0.4, -0.2) is 59.0 Å². The van der Waals surface area contributed by atoms with Gasteiger partial charge in [0.2, 0.25) is 11.9 Å². The maximum atomic E-state index is 12.7. The molecule has 0 aliphatic carbocycles. The number of hydrogen-bond donors (Lipinski definition) is 1. The molecule has 1 N–H and O–H groups in total. The summed E-state index contributed by atoms with van der Waals surface area (Å²) in [7, 11) is 1.67. The van der Waals surface area contributed by atoms with Crippen LogP contribution in [0.5, 0.6) is 5.75 Å². The molecule has 1 aliphatic heterocycles. The average molecular weight is 449 g/mol. The second-order valence-electron chi connectivity index (χ2n) is 8.20. The third-order valence-electron chi connectivity index (χ3n) is 6.34. The van der Waals surface area contributed by atoms with Crippen molar-refractivity contribution in [3.8, 4) is 5.75 Å². The molecule has 0 atom stereocenters. The second kappa shape index (κ2) is 10.5. The lowest BCUT2D eigenvalue weighted by atomic mass is 9.95. The van der Waals surface area contributed by atoms with Crippen LogP contribution in [0.25, 0.3) is 10.9 Å². The number of hydrogen-bond acceptors (Lipinski definition) is 7. The second-order valence-corrected chi connectivity index (χ2v) is 8.20. The first-order chi connectivity index (χ1) is 16.1. The van der Waals surface area contributed by atoms with Crippen molar-refractivity contribution in [2.24, 2.45) is 5.92 Å². The van der Waals surface area contributed by atoms with Crippen molar-refractivity contribution in [3.05, 3.63) is 48.3 Å². The molecule has 0 spiro atoms. The smallest absolute Gasteiger partial charge is 0.225 e. The Labute approximate surface area is 195 Å². The lowest BCUT2D eigenvalue weighted by Gasteiger charge is -2.34. The molecule has 8 heteroatoms. The Morgan fingerprint density at radius 1 is 1.15 bits per heavy atom. The molecule has 1 aliphatic rings. The van der Waals surface area contributed by atoms with Crippen molar-refractivity contribution in [1.29, 1.82) is 0 Å². The molecule has 0 unspecified atom stereocenters. The van der Waals surface area contributed by atoms with Crippen LogP contribution >= 0.6 is 0 Å². The quantitative estimate of drug-likeness (QED) is 0.562. The average Bonchev–Trinajstić information content (AvgIpc) is 2.87. The zero-order valence-electron chi connectivity index (χ0n) is 19.6. The number of nitrogens with one attached hydrogen (secondary N) is 1. The van der Waals surface area contributed by atoms with Gasteiger partial charge in [0.05, 0.1) is 18.0 Å². The lowest BCUT2D eigenvalue weighted by Crippen LogP contribution is -2.42. The molecule has 4 rings (SSSR count). The Morgan fingerprint density at radius 3 is 2.64 bits per heavy atom. The lowest BCUT2D eigenvalue weighted by molar-refractivity contribution is -0.135. The van der Waals surface area contributed by atoms with E-state index in [9.17, 15) is 4.79 Å². The molecule has 0 saturated carbocycles. The maximum Gasteiger partial charge on any atom is 0.225 e. The number of piperidine rings is 1. The minimum Gasteiger partial charge on any atom is -0.496 e. The fourth-order valence-electron chi connectivity index (χ4n) is 4.43. The summed E-state index contributed by atoms with van der Waals surface area (Å²) in [6, 6.07) is 9.80. The van der Waals surface area contributed by atoms with Gasteiger partial charge < -0.3 is 19.9 Å². The predicted octanol–water partition coefficient (Wildman–Crippen LogP) is 3.73. The molecule has 2 aromatic heterocycles. The molecule has 3 aromatic rings. The summed E-state index contributed by atoms with van der Waals surface area (Å²) in [5.74, 6) is 2.66. The molecule has 8 nitrogen and oxygen atoms in total. The Hall–Kier alpha value is -3.42. The summed E-state index contributed by atoms with van der Waals surface area (Å²) in [6.07, 6.45) is 5.31. The molecule has 1 aromatic carbocycles. The van der Waals surface area contributed by atoms with Crippen LogP contribution in [0.15, 0.2) is 42.7 Å². The number of methoxy groups -OCH3 is 1. The Morgan fingerprint density at radius 2 is 1.91 bits per heavy atom. The number of nitrogens with zero attached hydrogens (tertiary/aromatic N) is 5. The third kappa shape index (κ3) is 4.99. The van der Waals surface area contributed by atoms with Gasteiger partial charge in [-0.3, -0.25) is 4.79 Å². The third-order valence-corrected chi connectivity index (χ3v) is 6.34. The van der Waals surface area contributed by atoms with Crippen molar-refractivity contribution >= 4 is 28.6 Å². The number of ether oxygens (including phenoxy) is 1. The van der Waals surface area contributed by atoms with E-state index in [0.29, 0.717) is 12.5 Å². The van der Waals surface area contributed by atoms with E-state index in [1.165, 1.54) is 0 Å². The Balaban J connectivity index is 1.45. The highest BCUT2D eigenvalue weighted by Crippen LogP contribution is 2.28. The molecular formula is C25H32N6O2. The fourth-order valence-corrected chi connectivity index (χ4v) is 4.43. The Bertz CT molecular complexity index is 1090. The molecule has 3 heterocycles. The standard InChI is InChI=1S/C25H32N6O2/c1-4-30(5-2)24(32)18-11-14-31(15-12-18)23-20-17-28-25(29-21(20)10-13-26-23)27-16-19-8-6-7-9-22(19)33-3/h6-10,13,17-18H,4-5,11-12,14-16H2,1-3H3,(H,27,28,29). The van der Waals surface area contributed by atoms with E-state index >= 15 is 0 Å². The number of rotatable bonds is 8.